The fourth-order valence-electron chi connectivity index (χ4n) is 0.633. The highest BCUT2D eigenvalue weighted by Crippen LogP contribution is 2.03. The molecule has 0 fully saturated rings. The van der Waals surface area contributed by atoms with E-state index in [1.165, 1.54) is 0 Å². The summed E-state index contributed by atoms with van der Waals surface area (Å²) in [4.78, 5) is 0. The van der Waals surface area contributed by atoms with Gasteiger partial charge in [0.25, 0.3) is 0 Å². The summed E-state index contributed by atoms with van der Waals surface area (Å²) in [7, 11) is 0. The Morgan fingerprint density at radius 1 is 1.20 bits per heavy atom. The standard InChI is InChI=1S/C7H8FN.ClH/c8-6-9-7-4-2-1-3-5-7;/h1-5,9H,6H2;1H. The maximum atomic E-state index is 11.6. The Bertz CT molecular complexity index is 167. The maximum Gasteiger partial charge on any atom is 0.159 e. The molecule has 3 heteroatoms. The van der Waals surface area contributed by atoms with Gasteiger partial charge in [-0.2, -0.15) is 0 Å². The highest BCUT2D eigenvalue weighted by atomic mass is 35.5. The van der Waals surface area contributed by atoms with E-state index in [0.29, 0.717) is 0 Å². The first-order valence-corrected chi connectivity index (χ1v) is 2.78. The van der Waals surface area contributed by atoms with Gasteiger partial charge in [0, 0.05) is 5.69 Å². The number of anilines is 1. The lowest BCUT2D eigenvalue weighted by Gasteiger charge is -1.97. The number of para-hydroxylation sites is 1. The van der Waals surface area contributed by atoms with Crippen LogP contribution in [0.1, 0.15) is 0 Å². The van der Waals surface area contributed by atoms with Crippen molar-refractivity contribution in [3.63, 3.8) is 0 Å². The third-order valence-electron chi connectivity index (χ3n) is 1.04. The molecule has 1 aromatic rings. The zero-order valence-corrected chi connectivity index (χ0v) is 6.20. The van der Waals surface area contributed by atoms with E-state index < -0.39 is 6.80 Å². The zero-order chi connectivity index (χ0) is 6.53. The van der Waals surface area contributed by atoms with Gasteiger partial charge in [0.15, 0.2) is 6.80 Å². The highest BCUT2D eigenvalue weighted by molar-refractivity contribution is 5.85. The molecule has 0 radical (unpaired) electrons. The van der Waals surface area contributed by atoms with Crippen LogP contribution < -0.4 is 5.32 Å². The molecule has 1 aromatic carbocycles. The Morgan fingerprint density at radius 2 is 1.80 bits per heavy atom. The number of hydrogen-bond donors (Lipinski definition) is 1. The minimum Gasteiger partial charge on any atom is -0.359 e. The van der Waals surface area contributed by atoms with Crippen molar-refractivity contribution in [2.24, 2.45) is 0 Å². The molecule has 1 nitrogen and oxygen atoms in total. The Kier molecular flexibility index (Phi) is 4.67. The number of hydrogen-bond acceptors (Lipinski definition) is 1. The fraction of sp³-hybridized carbons (Fsp3) is 0.143. The first-order valence-electron chi connectivity index (χ1n) is 2.78. The summed E-state index contributed by atoms with van der Waals surface area (Å²) in [6.07, 6.45) is 0. The van der Waals surface area contributed by atoms with Crippen LogP contribution in [0.3, 0.4) is 0 Å². The molecule has 0 aliphatic rings. The zero-order valence-electron chi connectivity index (χ0n) is 5.38. The van der Waals surface area contributed by atoms with Crippen LogP contribution in [0, 0.1) is 0 Å². The monoisotopic (exact) mass is 161 g/mol. The Hall–Kier alpha value is -0.760. The molecule has 1 rings (SSSR count). The molecule has 0 bridgehead atoms. The summed E-state index contributed by atoms with van der Waals surface area (Å²) >= 11 is 0. The second-order valence-electron chi connectivity index (χ2n) is 1.68. The predicted octanol–water partition coefficient (Wildman–Crippen LogP) is 2.45. The largest absolute Gasteiger partial charge is 0.359 e. The topological polar surface area (TPSA) is 12.0 Å². The van der Waals surface area contributed by atoms with E-state index in [0.717, 1.165) is 5.69 Å². The Morgan fingerprint density at radius 3 is 2.30 bits per heavy atom. The SMILES string of the molecule is Cl.FCNc1ccccc1. The second kappa shape index (κ2) is 5.06. The van der Waals surface area contributed by atoms with E-state index in [-0.39, 0.29) is 12.4 Å². The number of benzene rings is 1. The van der Waals surface area contributed by atoms with E-state index in [2.05, 4.69) is 5.32 Å². The van der Waals surface area contributed by atoms with Crippen LogP contribution in [-0.4, -0.2) is 6.80 Å². The van der Waals surface area contributed by atoms with E-state index in [9.17, 15) is 4.39 Å². The Balaban J connectivity index is 0.000000810. The molecule has 0 atom stereocenters. The average Bonchev–Trinajstić information content (AvgIpc) is 1.91. The predicted molar refractivity (Wildman–Crippen MR) is 43.3 cm³/mol. The van der Waals surface area contributed by atoms with E-state index in [1.807, 2.05) is 30.3 Å². The molecule has 0 amide bonds. The number of rotatable bonds is 2. The molecule has 0 unspecified atom stereocenters. The van der Waals surface area contributed by atoms with Crippen molar-refractivity contribution >= 4 is 18.1 Å². The summed E-state index contributed by atoms with van der Waals surface area (Å²) in [6, 6.07) is 9.25. The van der Waals surface area contributed by atoms with Crippen LogP contribution >= 0.6 is 12.4 Å². The first-order chi connectivity index (χ1) is 4.43. The van der Waals surface area contributed by atoms with Gasteiger partial charge in [-0.25, -0.2) is 4.39 Å². The van der Waals surface area contributed by atoms with Gasteiger partial charge in [0.05, 0.1) is 0 Å². The van der Waals surface area contributed by atoms with Gasteiger partial charge in [-0.15, -0.1) is 12.4 Å². The third kappa shape index (κ3) is 2.69. The van der Waals surface area contributed by atoms with Crippen LogP contribution in [0.4, 0.5) is 10.1 Å². The van der Waals surface area contributed by atoms with Crippen molar-refractivity contribution in [1.82, 2.24) is 0 Å². The number of nitrogens with one attached hydrogen (secondary N) is 1. The van der Waals surface area contributed by atoms with Crippen molar-refractivity contribution < 1.29 is 4.39 Å². The van der Waals surface area contributed by atoms with Crippen molar-refractivity contribution in [2.45, 2.75) is 0 Å². The van der Waals surface area contributed by atoms with Gasteiger partial charge in [-0.3, -0.25) is 0 Å². The third-order valence-corrected chi connectivity index (χ3v) is 1.04. The average molecular weight is 162 g/mol. The highest BCUT2D eigenvalue weighted by Gasteiger charge is 1.83. The van der Waals surface area contributed by atoms with Gasteiger partial charge in [0.2, 0.25) is 0 Å². The molecule has 0 spiro atoms. The maximum absolute atomic E-state index is 11.6. The fourth-order valence-corrected chi connectivity index (χ4v) is 0.633. The molecule has 0 aliphatic heterocycles. The van der Waals surface area contributed by atoms with Crippen LogP contribution in [0.15, 0.2) is 30.3 Å². The molecule has 0 aliphatic carbocycles. The van der Waals surface area contributed by atoms with Gasteiger partial charge >= 0.3 is 0 Å². The minimum absolute atomic E-state index is 0. The van der Waals surface area contributed by atoms with E-state index >= 15 is 0 Å². The lowest BCUT2D eigenvalue weighted by molar-refractivity contribution is 0.536. The van der Waals surface area contributed by atoms with Crippen LogP contribution in [-0.2, 0) is 0 Å². The molecule has 0 heterocycles. The molecule has 0 aromatic heterocycles. The van der Waals surface area contributed by atoms with Crippen LogP contribution in [0.25, 0.3) is 0 Å². The van der Waals surface area contributed by atoms with E-state index in [4.69, 9.17) is 0 Å². The van der Waals surface area contributed by atoms with Crippen LogP contribution in [0.5, 0.6) is 0 Å². The molecule has 56 valence electrons. The lowest BCUT2D eigenvalue weighted by atomic mass is 10.3. The first kappa shape index (κ1) is 9.24. The van der Waals surface area contributed by atoms with Gasteiger partial charge in [-0.1, -0.05) is 18.2 Å². The van der Waals surface area contributed by atoms with Crippen molar-refractivity contribution in [3.8, 4) is 0 Å². The molecule has 10 heavy (non-hydrogen) atoms. The van der Waals surface area contributed by atoms with Gasteiger partial charge < -0.3 is 5.32 Å². The molecular weight excluding hydrogens is 153 g/mol. The normalized spacial score (nSPS) is 8.10. The number of halogens is 2. The van der Waals surface area contributed by atoms with Crippen molar-refractivity contribution in [3.05, 3.63) is 30.3 Å². The molecule has 1 N–H and O–H groups in total. The smallest absolute Gasteiger partial charge is 0.159 e. The summed E-state index contributed by atoms with van der Waals surface area (Å²) in [6.45, 7) is -0.510. The summed E-state index contributed by atoms with van der Waals surface area (Å²) in [5, 5.41) is 2.54. The second-order valence-corrected chi connectivity index (χ2v) is 1.68. The molecule has 0 saturated carbocycles. The molecular formula is C7H9ClFN. The molecule has 0 saturated heterocycles. The van der Waals surface area contributed by atoms with Crippen molar-refractivity contribution in [1.29, 1.82) is 0 Å². The minimum atomic E-state index is -0.510. The quantitative estimate of drug-likeness (QED) is 0.657. The van der Waals surface area contributed by atoms with Gasteiger partial charge in [0.1, 0.15) is 0 Å². The Labute approximate surface area is 65.7 Å². The summed E-state index contributed by atoms with van der Waals surface area (Å²) in [5.41, 5.74) is 0.819. The van der Waals surface area contributed by atoms with Crippen molar-refractivity contribution in [2.75, 3.05) is 12.1 Å². The lowest BCUT2D eigenvalue weighted by Crippen LogP contribution is -1.93. The van der Waals surface area contributed by atoms with Gasteiger partial charge in [-0.05, 0) is 12.1 Å². The van der Waals surface area contributed by atoms with Crippen LogP contribution in [0.2, 0.25) is 0 Å². The summed E-state index contributed by atoms with van der Waals surface area (Å²) < 4.78 is 11.6. The van der Waals surface area contributed by atoms with E-state index in [1.54, 1.807) is 0 Å². The summed E-state index contributed by atoms with van der Waals surface area (Å²) in [5.74, 6) is 0. The number of alkyl halides is 1.